The molecule has 3 rings (SSSR count). The third kappa shape index (κ3) is 3.46. The molecule has 0 amide bonds. The molecule has 0 unspecified atom stereocenters. The summed E-state index contributed by atoms with van der Waals surface area (Å²) in [6.45, 7) is 1.52. The molecule has 23 heavy (non-hydrogen) atoms. The number of Topliss-reactive ketones (excluding diaryl/α,β-unsaturated/α-hetero) is 1. The lowest BCUT2D eigenvalue weighted by atomic mass is 10.0. The summed E-state index contributed by atoms with van der Waals surface area (Å²) >= 11 is 0. The largest absolute Gasteiger partial charge is 0.457 e. The predicted molar refractivity (Wildman–Crippen MR) is 88.4 cm³/mol. The summed E-state index contributed by atoms with van der Waals surface area (Å²) in [6, 6.07) is 20.8. The Morgan fingerprint density at radius 3 is 2.43 bits per heavy atom. The number of ketones is 1. The smallest absolute Gasteiger partial charge is 0.159 e. The number of benzene rings is 3. The summed E-state index contributed by atoms with van der Waals surface area (Å²) in [5, 5.41) is 0. The molecule has 2 nitrogen and oxygen atoms in total. The van der Waals surface area contributed by atoms with E-state index >= 15 is 0 Å². The summed E-state index contributed by atoms with van der Waals surface area (Å²) in [4.78, 5) is 11.6. The maximum Gasteiger partial charge on any atom is 0.159 e. The molecule has 0 N–H and O–H groups in total. The van der Waals surface area contributed by atoms with Crippen molar-refractivity contribution in [1.82, 2.24) is 0 Å². The van der Waals surface area contributed by atoms with Crippen molar-refractivity contribution < 1.29 is 13.9 Å². The number of hydrogen-bond acceptors (Lipinski definition) is 2. The molecular formula is C20H15FO2. The van der Waals surface area contributed by atoms with Gasteiger partial charge in [0.25, 0.3) is 0 Å². The number of carbonyl (C=O) groups is 1. The second-order valence-corrected chi connectivity index (χ2v) is 5.19. The number of carbonyl (C=O) groups excluding carboxylic acids is 1. The zero-order chi connectivity index (χ0) is 16.2. The Morgan fingerprint density at radius 1 is 0.913 bits per heavy atom. The molecule has 0 heterocycles. The van der Waals surface area contributed by atoms with Crippen LogP contribution in [0.2, 0.25) is 0 Å². The van der Waals surface area contributed by atoms with Crippen LogP contribution in [-0.2, 0) is 0 Å². The van der Waals surface area contributed by atoms with Gasteiger partial charge in [0.15, 0.2) is 5.78 Å². The summed E-state index contributed by atoms with van der Waals surface area (Å²) in [6.07, 6.45) is 0. The van der Waals surface area contributed by atoms with Crippen LogP contribution in [0.25, 0.3) is 11.1 Å². The normalized spacial score (nSPS) is 10.3. The van der Waals surface area contributed by atoms with Crippen molar-refractivity contribution in [3.63, 3.8) is 0 Å². The first-order valence-corrected chi connectivity index (χ1v) is 7.27. The van der Waals surface area contributed by atoms with Crippen LogP contribution >= 0.6 is 0 Å². The van der Waals surface area contributed by atoms with Crippen molar-refractivity contribution in [2.75, 3.05) is 0 Å². The fourth-order valence-corrected chi connectivity index (χ4v) is 2.34. The zero-order valence-corrected chi connectivity index (χ0v) is 12.6. The van der Waals surface area contributed by atoms with Crippen LogP contribution in [0.1, 0.15) is 17.3 Å². The number of para-hydroxylation sites is 1. The molecule has 0 atom stereocenters. The van der Waals surface area contributed by atoms with Gasteiger partial charge in [0.1, 0.15) is 17.3 Å². The van der Waals surface area contributed by atoms with Crippen molar-refractivity contribution in [3.8, 4) is 22.6 Å². The highest BCUT2D eigenvalue weighted by molar-refractivity contribution is 5.95. The average molecular weight is 306 g/mol. The molecule has 0 aliphatic rings. The van der Waals surface area contributed by atoms with E-state index in [-0.39, 0.29) is 11.6 Å². The van der Waals surface area contributed by atoms with Crippen molar-refractivity contribution in [2.24, 2.45) is 0 Å². The van der Waals surface area contributed by atoms with Crippen LogP contribution in [0.3, 0.4) is 0 Å². The number of halogens is 1. The number of ether oxygens (including phenoxy) is 1. The van der Waals surface area contributed by atoms with Gasteiger partial charge in [-0.3, -0.25) is 4.79 Å². The summed E-state index contributed by atoms with van der Waals surface area (Å²) in [5.74, 6) is 0.654. The van der Waals surface area contributed by atoms with Crippen LogP contribution in [0.5, 0.6) is 11.5 Å². The van der Waals surface area contributed by atoms with Crippen LogP contribution in [-0.4, -0.2) is 5.78 Å². The van der Waals surface area contributed by atoms with Gasteiger partial charge in [0.2, 0.25) is 0 Å². The van der Waals surface area contributed by atoms with E-state index in [1.165, 1.54) is 19.1 Å². The minimum Gasteiger partial charge on any atom is -0.457 e. The highest BCUT2D eigenvalue weighted by Crippen LogP contribution is 2.34. The van der Waals surface area contributed by atoms with E-state index in [1.54, 1.807) is 30.3 Å². The predicted octanol–water partition coefficient (Wildman–Crippen LogP) is 5.49. The third-order valence-corrected chi connectivity index (χ3v) is 3.49. The second kappa shape index (κ2) is 6.44. The molecule has 0 aromatic heterocycles. The topological polar surface area (TPSA) is 26.3 Å². The van der Waals surface area contributed by atoms with Crippen molar-refractivity contribution in [1.29, 1.82) is 0 Å². The van der Waals surface area contributed by atoms with E-state index < -0.39 is 0 Å². The maximum absolute atomic E-state index is 13.6. The molecule has 0 radical (unpaired) electrons. The molecule has 0 saturated carbocycles. The minimum atomic E-state index is -0.373. The quantitative estimate of drug-likeness (QED) is 0.596. The highest BCUT2D eigenvalue weighted by Gasteiger charge is 2.10. The molecule has 0 saturated heterocycles. The summed E-state index contributed by atoms with van der Waals surface area (Å²) < 4.78 is 19.5. The van der Waals surface area contributed by atoms with Crippen molar-refractivity contribution in [3.05, 3.63) is 84.2 Å². The minimum absolute atomic E-state index is 0.0144. The standard InChI is InChI=1S/C20H15FO2/c1-14(22)15-6-5-7-16(12-15)19-11-10-17(21)13-20(19)23-18-8-3-2-4-9-18/h2-13H,1H3. The Morgan fingerprint density at radius 2 is 1.70 bits per heavy atom. The Kier molecular flexibility index (Phi) is 4.20. The lowest BCUT2D eigenvalue weighted by molar-refractivity contribution is 0.101. The molecule has 3 aromatic rings. The van der Waals surface area contributed by atoms with Crippen LogP contribution < -0.4 is 4.74 Å². The monoisotopic (exact) mass is 306 g/mol. The lowest BCUT2D eigenvalue weighted by Gasteiger charge is -2.12. The number of hydrogen-bond donors (Lipinski definition) is 0. The summed E-state index contributed by atoms with van der Waals surface area (Å²) in [7, 11) is 0. The van der Waals surface area contributed by atoms with Gasteiger partial charge < -0.3 is 4.74 Å². The van der Waals surface area contributed by atoms with Crippen LogP contribution in [0.4, 0.5) is 4.39 Å². The average Bonchev–Trinajstić information content (AvgIpc) is 2.56. The molecule has 0 bridgehead atoms. The van der Waals surface area contributed by atoms with Crippen molar-refractivity contribution >= 4 is 5.78 Å². The number of rotatable bonds is 4. The zero-order valence-electron chi connectivity index (χ0n) is 12.6. The molecule has 0 fully saturated rings. The molecule has 0 aliphatic heterocycles. The molecule has 0 spiro atoms. The molecular weight excluding hydrogens is 291 g/mol. The first-order valence-electron chi connectivity index (χ1n) is 7.27. The van der Waals surface area contributed by atoms with E-state index in [1.807, 2.05) is 30.3 Å². The fraction of sp³-hybridized carbons (Fsp3) is 0.0500. The van der Waals surface area contributed by atoms with E-state index in [0.29, 0.717) is 17.1 Å². The second-order valence-electron chi connectivity index (χ2n) is 5.19. The molecule has 3 heteroatoms. The molecule has 114 valence electrons. The SMILES string of the molecule is CC(=O)c1cccc(-c2ccc(F)cc2Oc2ccccc2)c1. The van der Waals surface area contributed by atoms with Gasteiger partial charge in [-0.2, -0.15) is 0 Å². The van der Waals surface area contributed by atoms with Gasteiger partial charge in [-0.1, -0.05) is 36.4 Å². The lowest BCUT2D eigenvalue weighted by Crippen LogP contribution is -1.94. The summed E-state index contributed by atoms with van der Waals surface area (Å²) in [5.41, 5.74) is 2.15. The van der Waals surface area contributed by atoms with Gasteiger partial charge in [0.05, 0.1) is 0 Å². The third-order valence-electron chi connectivity index (χ3n) is 3.49. The van der Waals surface area contributed by atoms with E-state index in [4.69, 9.17) is 4.74 Å². The van der Waals surface area contributed by atoms with Gasteiger partial charge >= 0.3 is 0 Å². The Hall–Kier alpha value is -2.94. The van der Waals surface area contributed by atoms with Crippen LogP contribution in [0, 0.1) is 5.82 Å². The van der Waals surface area contributed by atoms with E-state index in [0.717, 1.165) is 11.1 Å². The first-order chi connectivity index (χ1) is 11.1. The first kappa shape index (κ1) is 15.0. The Labute approximate surface area is 134 Å². The fourth-order valence-electron chi connectivity index (χ4n) is 2.34. The van der Waals surface area contributed by atoms with E-state index in [2.05, 4.69) is 0 Å². The van der Waals surface area contributed by atoms with E-state index in [9.17, 15) is 9.18 Å². The van der Waals surface area contributed by atoms with Gasteiger partial charge in [-0.15, -0.1) is 0 Å². The molecule has 0 aliphatic carbocycles. The van der Waals surface area contributed by atoms with Crippen molar-refractivity contribution in [2.45, 2.75) is 6.92 Å². The van der Waals surface area contributed by atoms with Gasteiger partial charge in [-0.25, -0.2) is 4.39 Å². The van der Waals surface area contributed by atoms with Gasteiger partial charge in [-0.05, 0) is 42.8 Å². The Bertz CT molecular complexity index is 841. The maximum atomic E-state index is 13.6. The Balaban J connectivity index is 2.05. The van der Waals surface area contributed by atoms with Gasteiger partial charge in [0, 0.05) is 17.2 Å². The highest BCUT2D eigenvalue weighted by atomic mass is 19.1. The molecule has 3 aromatic carbocycles. The van der Waals surface area contributed by atoms with Crippen LogP contribution in [0.15, 0.2) is 72.8 Å².